The molecule has 0 saturated heterocycles. The first-order chi connectivity index (χ1) is 3.50. The molecule has 0 fully saturated rings. The van der Waals surface area contributed by atoms with Crippen LogP contribution in [0.1, 0.15) is 0 Å². The fraction of sp³-hybridized carbons (Fsp3) is 0.667. The third-order valence-corrected chi connectivity index (χ3v) is 0.497. The lowest BCUT2D eigenvalue weighted by Crippen LogP contribution is -2.43. The van der Waals surface area contributed by atoms with Crippen LogP contribution in [0.15, 0.2) is 0 Å². The molecule has 0 atom stereocenters. The monoisotopic (exact) mass is 125 g/mol. The quantitative estimate of drug-likeness (QED) is 0.481. The summed E-state index contributed by atoms with van der Waals surface area (Å²) in [7, 11) is 0. The molecule has 0 rings (SSSR count). The van der Waals surface area contributed by atoms with Gasteiger partial charge in [0.2, 0.25) is 0 Å². The van der Waals surface area contributed by atoms with Crippen LogP contribution in [0.5, 0.6) is 0 Å². The van der Waals surface area contributed by atoms with Crippen LogP contribution in [0.3, 0.4) is 0 Å². The fourth-order valence-corrected chi connectivity index (χ4v) is 0.0645. The van der Waals surface area contributed by atoms with Crippen molar-refractivity contribution in [3.63, 3.8) is 0 Å². The highest BCUT2D eigenvalue weighted by Gasteiger charge is 2.29. The number of rotatable bonds is 2. The molecule has 48 valence electrons. The Morgan fingerprint density at radius 1 is 1.75 bits per heavy atom. The van der Waals surface area contributed by atoms with Gasteiger partial charge in [0.25, 0.3) is 0 Å². The first kappa shape index (κ1) is 7.29. The van der Waals surface area contributed by atoms with Crippen molar-refractivity contribution in [1.29, 1.82) is 0 Å². The van der Waals surface area contributed by atoms with Gasteiger partial charge in [-0.15, -0.1) is 0 Å². The molecule has 0 bridgehead atoms. The van der Waals surface area contributed by atoms with Crippen LogP contribution in [0.2, 0.25) is 0 Å². The Morgan fingerprint density at radius 2 is 2.12 bits per heavy atom. The maximum absolute atomic E-state index is 11.4. The van der Waals surface area contributed by atoms with Gasteiger partial charge in [0.15, 0.2) is 0 Å². The number of carbonyl (C=O) groups is 1. The Hall–Kier alpha value is -0.710. The predicted octanol–water partition coefficient (Wildman–Crippen LogP) is -1.64. The number of carboxylic acids is 1. The molecule has 1 N–H and O–H groups in total. The van der Waals surface area contributed by atoms with Crippen LogP contribution in [0, 0.1) is 0 Å². The largest absolute Gasteiger partial charge is 0.544 e. The molecular weight excluding hydrogens is 122 g/mol. The number of aliphatic carboxylic acids is 1. The molecule has 8 heavy (non-hydrogen) atoms. The maximum atomic E-state index is 11.4. The molecule has 0 amide bonds. The lowest BCUT2D eigenvalue weighted by molar-refractivity contribution is -0.331. The zero-order valence-electron chi connectivity index (χ0n) is 3.73. The number of hydrogen-bond donors (Lipinski definition) is 1. The molecule has 0 saturated carbocycles. The molecule has 0 aromatic heterocycles. The van der Waals surface area contributed by atoms with Crippen LogP contribution >= 0.6 is 0 Å². The highest BCUT2D eigenvalue weighted by atomic mass is 19.3. The first-order valence-electron chi connectivity index (χ1n) is 1.71. The third-order valence-electron chi connectivity index (χ3n) is 0.497. The van der Waals surface area contributed by atoms with E-state index >= 15 is 0 Å². The van der Waals surface area contributed by atoms with E-state index in [4.69, 9.17) is 5.11 Å². The van der Waals surface area contributed by atoms with Crippen molar-refractivity contribution < 1.29 is 23.8 Å². The van der Waals surface area contributed by atoms with Crippen LogP contribution in [-0.4, -0.2) is 23.6 Å². The Morgan fingerprint density at radius 3 is 2.12 bits per heavy atom. The summed E-state index contributed by atoms with van der Waals surface area (Å²) in [6, 6.07) is 0. The van der Waals surface area contributed by atoms with E-state index in [1.807, 2.05) is 0 Å². The van der Waals surface area contributed by atoms with Gasteiger partial charge in [0.05, 0.1) is 0 Å². The number of hydrogen-bond acceptors (Lipinski definition) is 3. The lowest BCUT2D eigenvalue weighted by Gasteiger charge is -2.12. The topological polar surface area (TPSA) is 60.4 Å². The highest BCUT2D eigenvalue weighted by molar-refractivity contribution is 5.73. The first-order valence-corrected chi connectivity index (χ1v) is 1.71. The second-order valence-electron chi connectivity index (χ2n) is 1.15. The molecule has 3 nitrogen and oxygen atoms in total. The lowest BCUT2D eigenvalue weighted by atomic mass is 10.4. The van der Waals surface area contributed by atoms with Crippen LogP contribution in [0.25, 0.3) is 0 Å². The molecule has 0 spiro atoms. The van der Waals surface area contributed by atoms with Crippen molar-refractivity contribution in [3.05, 3.63) is 0 Å². The highest BCUT2D eigenvalue weighted by Crippen LogP contribution is 2.08. The Bertz CT molecular complexity index is 101. The Balaban J connectivity index is 3.91. The van der Waals surface area contributed by atoms with Gasteiger partial charge in [-0.05, 0) is 0 Å². The molecule has 0 heterocycles. The molecule has 0 aliphatic carbocycles. The van der Waals surface area contributed by atoms with E-state index in [-0.39, 0.29) is 0 Å². The molecule has 0 aromatic rings. The van der Waals surface area contributed by atoms with E-state index in [2.05, 4.69) is 0 Å². The number of carbonyl (C=O) groups excluding carboxylic acids is 1. The average molecular weight is 125 g/mol. The molecule has 0 aliphatic rings. The molecule has 0 unspecified atom stereocenters. The van der Waals surface area contributed by atoms with E-state index < -0.39 is 18.5 Å². The Labute approximate surface area is 43.6 Å². The summed E-state index contributed by atoms with van der Waals surface area (Å²) in [4.78, 5) is 9.23. The molecule has 0 aliphatic heterocycles. The minimum Gasteiger partial charge on any atom is -0.544 e. The van der Waals surface area contributed by atoms with Crippen molar-refractivity contribution in [2.75, 3.05) is 6.61 Å². The van der Waals surface area contributed by atoms with E-state index in [1.54, 1.807) is 0 Å². The minimum absolute atomic E-state index is 1.71. The summed E-state index contributed by atoms with van der Waals surface area (Å²) in [5.41, 5.74) is 0. The standard InChI is InChI=1S/C3H4F2O3/c4-3(5,1-6)2(7)8/h6H,1H2,(H,7,8)/p-1. The van der Waals surface area contributed by atoms with Gasteiger partial charge in [-0.25, -0.2) is 0 Å². The summed E-state index contributed by atoms with van der Waals surface area (Å²) in [5, 5.41) is 16.8. The smallest absolute Gasteiger partial charge is 0.309 e. The van der Waals surface area contributed by atoms with E-state index in [9.17, 15) is 18.7 Å². The number of carboxylic acid groups (broad SMARTS) is 1. The average Bonchev–Trinajstić information content (AvgIpc) is 1.67. The van der Waals surface area contributed by atoms with Crippen molar-refractivity contribution in [3.8, 4) is 0 Å². The number of aliphatic hydroxyl groups excluding tert-OH is 1. The summed E-state index contributed by atoms with van der Waals surface area (Å²) < 4.78 is 22.7. The maximum Gasteiger partial charge on any atom is 0.309 e. The van der Waals surface area contributed by atoms with Crippen molar-refractivity contribution >= 4 is 5.97 Å². The Kier molecular flexibility index (Phi) is 1.86. The van der Waals surface area contributed by atoms with Crippen molar-refractivity contribution in [2.24, 2.45) is 0 Å². The normalized spacial score (nSPS) is 11.4. The summed E-state index contributed by atoms with van der Waals surface area (Å²) in [6.07, 6.45) is 0. The van der Waals surface area contributed by atoms with Crippen LogP contribution in [-0.2, 0) is 4.79 Å². The van der Waals surface area contributed by atoms with Gasteiger partial charge >= 0.3 is 5.92 Å². The van der Waals surface area contributed by atoms with E-state index in [0.717, 1.165) is 0 Å². The van der Waals surface area contributed by atoms with Crippen LogP contribution in [0.4, 0.5) is 8.78 Å². The van der Waals surface area contributed by atoms with Gasteiger partial charge in [0.1, 0.15) is 12.6 Å². The zero-order valence-corrected chi connectivity index (χ0v) is 3.73. The number of halogens is 2. The summed E-state index contributed by atoms with van der Waals surface area (Å²) in [5.74, 6) is -6.65. The van der Waals surface area contributed by atoms with Gasteiger partial charge in [0, 0.05) is 0 Å². The second-order valence-corrected chi connectivity index (χ2v) is 1.15. The zero-order chi connectivity index (χ0) is 6.78. The summed E-state index contributed by atoms with van der Waals surface area (Å²) >= 11 is 0. The third kappa shape index (κ3) is 1.42. The molecule has 5 heteroatoms. The van der Waals surface area contributed by atoms with Crippen molar-refractivity contribution in [1.82, 2.24) is 0 Å². The molecule has 0 aromatic carbocycles. The number of aliphatic hydroxyl groups is 1. The van der Waals surface area contributed by atoms with Crippen LogP contribution < -0.4 is 5.11 Å². The van der Waals surface area contributed by atoms with E-state index in [0.29, 0.717) is 0 Å². The molecular formula is C3H3F2O3-. The van der Waals surface area contributed by atoms with Gasteiger partial charge in [-0.2, -0.15) is 8.78 Å². The number of alkyl halides is 2. The predicted molar refractivity (Wildman–Crippen MR) is 17.0 cm³/mol. The van der Waals surface area contributed by atoms with Crippen molar-refractivity contribution in [2.45, 2.75) is 5.92 Å². The van der Waals surface area contributed by atoms with Gasteiger partial charge in [-0.1, -0.05) is 0 Å². The van der Waals surface area contributed by atoms with E-state index in [1.165, 1.54) is 0 Å². The second kappa shape index (κ2) is 2.04. The SMILES string of the molecule is O=C([O-])C(F)(F)CO. The van der Waals surface area contributed by atoms with Gasteiger partial charge in [-0.3, -0.25) is 0 Å². The minimum atomic E-state index is -4.10. The van der Waals surface area contributed by atoms with Gasteiger partial charge < -0.3 is 15.0 Å². The fourth-order valence-electron chi connectivity index (χ4n) is 0.0645. The summed E-state index contributed by atoms with van der Waals surface area (Å²) in [6.45, 7) is -1.71. The molecule has 0 radical (unpaired) electrons.